The number of hydrogen-bond donors (Lipinski definition) is 2. The van der Waals surface area contributed by atoms with Crippen LogP contribution in [0.4, 0.5) is 18.9 Å². The molecule has 0 aliphatic rings. The Labute approximate surface area is 256 Å². The number of aryl methyl sites for hydroxylation is 3. The summed E-state index contributed by atoms with van der Waals surface area (Å²) in [6, 6.07) is 10.1. The van der Waals surface area contributed by atoms with Crippen molar-refractivity contribution in [1.29, 1.82) is 0 Å². The lowest BCUT2D eigenvalue weighted by Crippen LogP contribution is -2.16. The maximum Gasteiger partial charge on any atom is 0.261 e. The van der Waals surface area contributed by atoms with Gasteiger partial charge in [-0.05, 0) is 68.3 Å². The number of anilines is 1. The lowest BCUT2D eigenvalue weighted by atomic mass is 10.0. The molecule has 9 nitrogen and oxygen atoms in total. The fraction of sp³-hybridized carbons (Fsp3) is 0.219. The third-order valence-corrected chi connectivity index (χ3v) is 8.34. The first-order valence-electron chi connectivity index (χ1n) is 13.8. The van der Waals surface area contributed by atoms with Crippen LogP contribution in [0, 0.1) is 31.3 Å². The number of furan rings is 1. The molecule has 0 saturated carbocycles. The molecule has 5 rings (SSSR count). The van der Waals surface area contributed by atoms with Crippen LogP contribution in [-0.4, -0.2) is 37.1 Å². The Bertz CT molecular complexity index is 2060. The summed E-state index contributed by atoms with van der Waals surface area (Å²) >= 11 is 0. The van der Waals surface area contributed by atoms with Gasteiger partial charge in [0.1, 0.15) is 35.3 Å². The second-order valence-electron chi connectivity index (χ2n) is 10.3. The van der Waals surface area contributed by atoms with Gasteiger partial charge in [0, 0.05) is 47.8 Å². The molecule has 3 aromatic carbocycles. The van der Waals surface area contributed by atoms with E-state index in [1.807, 2.05) is 13.8 Å². The molecule has 0 spiro atoms. The largest absolute Gasteiger partial charge is 0.491 e. The number of fused-ring (bicyclic) bond motifs is 1. The molecule has 2 aromatic heterocycles. The van der Waals surface area contributed by atoms with Crippen LogP contribution in [0.15, 0.2) is 63.9 Å². The molecule has 2 heterocycles. The molecule has 2 N–H and O–H groups in total. The highest BCUT2D eigenvalue weighted by molar-refractivity contribution is 7.92. The van der Waals surface area contributed by atoms with Gasteiger partial charge in [0.05, 0.1) is 17.7 Å². The number of benzene rings is 3. The maximum absolute atomic E-state index is 14.6. The van der Waals surface area contributed by atoms with Crippen LogP contribution >= 0.6 is 0 Å². The van der Waals surface area contributed by atoms with Gasteiger partial charge in [0.25, 0.3) is 5.56 Å². The molecular weight excluding hydrogens is 613 g/mol. The molecule has 236 valence electrons. The van der Waals surface area contributed by atoms with E-state index in [2.05, 4.69) is 4.72 Å². The summed E-state index contributed by atoms with van der Waals surface area (Å²) in [5.74, 6) is -4.02. The van der Waals surface area contributed by atoms with Crippen LogP contribution in [0.5, 0.6) is 17.2 Å². The normalized spacial score (nSPS) is 11.6. The fourth-order valence-electron chi connectivity index (χ4n) is 4.93. The molecule has 5 aromatic rings. The zero-order chi connectivity index (χ0) is 32.6. The predicted molar refractivity (Wildman–Crippen MR) is 164 cm³/mol. The Hall–Kier alpha value is -4.75. The fourth-order valence-corrected chi connectivity index (χ4v) is 5.56. The van der Waals surface area contributed by atoms with Gasteiger partial charge in [-0.2, -0.15) is 0 Å². The van der Waals surface area contributed by atoms with Crippen molar-refractivity contribution in [3.8, 4) is 39.7 Å². The maximum atomic E-state index is 14.6. The van der Waals surface area contributed by atoms with Gasteiger partial charge in [-0.3, -0.25) is 9.52 Å². The summed E-state index contributed by atoms with van der Waals surface area (Å²) in [5.41, 5.74) is 2.33. The van der Waals surface area contributed by atoms with Gasteiger partial charge in [0.15, 0.2) is 17.4 Å². The van der Waals surface area contributed by atoms with Gasteiger partial charge in [-0.1, -0.05) is 0 Å². The third kappa shape index (κ3) is 6.40. The summed E-state index contributed by atoms with van der Waals surface area (Å²) < 4.78 is 88.8. The van der Waals surface area contributed by atoms with Crippen molar-refractivity contribution in [3.05, 3.63) is 93.7 Å². The first-order chi connectivity index (χ1) is 21.3. The topological polar surface area (TPSA) is 120 Å². The van der Waals surface area contributed by atoms with E-state index in [1.54, 1.807) is 18.2 Å². The lowest BCUT2D eigenvalue weighted by Gasteiger charge is -2.16. The smallest absolute Gasteiger partial charge is 0.261 e. The van der Waals surface area contributed by atoms with Crippen LogP contribution in [0.2, 0.25) is 0 Å². The number of hydrogen-bond acceptors (Lipinski definition) is 7. The van der Waals surface area contributed by atoms with Crippen molar-refractivity contribution in [2.75, 3.05) is 23.7 Å². The lowest BCUT2D eigenvalue weighted by molar-refractivity contribution is 0.200. The number of nitrogens with zero attached hydrogens (tertiary/aromatic N) is 1. The summed E-state index contributed by atoms with van der Waals surface area (Å²) in [6.07, 6.45) is 1.43. The van der Waals surface area contributed by atoms with Crippen LogP contribution in [0.1, 0.15) is 18.1 Å². The van der Waals surface area contributed by atoms with Crippen LogP contribution in [0.25, 0.3) is 33.4 Å². The first-order valence-corrected chi connectivity index (χ1v) is 15.4. The Morgan fingerprint density at radius 3 is 2.24 bits per heavy atom. The minimum atomic E-state index is -3.72. The van der Waals surface area contributed by atoms with Crippen molar-refractivity contribution in [1.82, 2.24) is 4.57 Å². The standard InChI is InChI=1S/C32H29F3N2O7S/c1-5-45(40,41)36-21-6-7-27(43-31-25(34)12-20(33)13-26(31)35)22(14-21)24-16-37(4)32(39)23-15-28(44-30(23)24)19-10-17(2)29(18(3)11-19)42-9-8-38/h6-7,10-16,36,38H,5,8-9H2,1-4H3. The van der Waals surface area contributed by atoms with E-state index in [0.717, 1.165) is 11.1 Å². The van der Waals surface area contributed by atoms with Gasteiger partial charge in [-0.15, -0.1) is 0 Å². The summed E-state index contributed by atoms with van der Waals surface area (Å²) in [7, 11) is -2.22. The Morgan fingerprint density at radius 1 is 0.956 bits per heavy atom. The second kappa shape index (κ2) is 12.3. The number of aliphatic hydroxyl groups excluding tert-OH is 1. The SMILES string of the molecule is CCS(=O)(=O)Nc1ccc(Oc2c(F)cc(F)cc2F)c(-c2cn(C)c(=O)c3cc(-c4cc(C)c(OCCO)c(C)c4)oc23)c1. The molecule has 0 unspecified atom stereocenters. The first kappa shape index (κ1) is 31.7. The number of pyridine rings is 1. The number of rotatable bonds is 10. The molecule has 0 fully saturated rings. The van der Waals surface area contributed by atoms with Gasteiger partial charge >= 0.3 is 0 Å². The average molecular weight is 643 g/mol. The minimum Gasteiger partial charge on any atom is -0.491 e. The minimum absolute atomic E-state index is 0.101. The molecule has 45 heavy (non-hydrogen) atoms. The van der Waals surface area contributed by atoms with Crippen molar-refractivity contribution < 1.29 is 40.6 Å². The van der Waals surface area contributed by atoms with Crippen molar-refractivity contribution >= 4 is 26.7 Å². The van der Waals surface area contributed by atoms with E-state index in [-0.39, 0.29) is 52.5 Å². The number of aromatic nitrogens is 1. The van der Waals surface area contributed by atoms with E-state index < -0.39 is 38.8 Å². The monoisotopic (exact) mass is 642 g/mol. The molecule has 0 aliphatic heterocycles. The highest BCUT2D eigenvalue weighted by Crippen LogP contribution is 2.42. The summed E-state index contributed by atoms with van der Waals surface area (Å²) in [6.45, 7) is 5.08. The Balaban J connectivity index is 1.72. The van der Waals surface area contributed by atoms with E-state index in [1.165, 1.54) is 42.9 Å². The molecule has 0 aliphatic carbocycles. The molecule has 0 atom stereocenters. The van der Waals surface area contributed by atoms with E-state index in [9.17, 15) is 26.4 Å². The molecule has 13 heteroatoms. The second-order valence-corrected chi connectivity index (χ2v) is 12.4. The molecule has 0 saturated heterocycles. The number of aliphatic hydroxyl groups is 1. The summed E-state index contributed by atoms with van der Waals surface area (Å²) in [5, 5.41) is 9.32. The van der Waals surface area contributed by atoms with Crippen molar-refractivity contribution in [2.45, 2.75) is 20.8 Å². The molecule has 0 radical (unpaired) electrons. The van der Waals surface area contributed by atoms with Crippen LogP contribution in [0.3, 0.4) is 0 Å². The van der Waals surface area contributed by atoms with E-state index in [4.69, 9.17) is 19.0 Å². The number of nitrogens with one attached hydrogen (secondary N) is 1. The molecule has 0 bridgehead atoms. The zero-order valence-electron chi connectivity index (χ0n) is 24.7. The number of halogens is 3. The van der Waals surface area contributed by atoms with Gasteiger partial charge in [0.2, 0.25) is 10.0 Å². The Morgan fingerprint density at radius 2 is 1.62 bits per heavy atom. The number of sulfonamides is 1. The predicted octanol–water partition coefficient (Wildman–Crippen LogP) is 6.42. The number of ether oxygens (including phenoxy) is 2. The van der Waals surface area contributed by atoms with Crippen LogP contribution < -0.4 is 19.8 Å². The highest BCUT2D eigenvalue weighted by atomic mass is 32.2. The van der Waals surface area contributed by atoms with Gasteiger partial charge < -0.3 is 23.6 Å². The third-order valence-electron chi connectivity index (χ3n) is 7.03. The highest BCUT2D eigenvalue weighted by Gasteiger charge is 2.23. The van der Waals surface area contributed by atoms with E-state index in [0.29, 0.717) is 29.2 Å². The molecule has 0 amide bonds. The van der Waals surface area contributed by atoms with Crippen LogP contribution in [-0.2, 0) is 17.1 Å². The summed E-state index contributed by atoms with van der Waals surface area (Å²) in [4.78, 5) is 13.3. The van der Waals surface area contributed by atoms with Crippen molar-refractivity contribution in [2.24, 2.45) is 7.05 Å². The van der Waals surface area contributed by atoms with E-state index >= 15 is 0 Å². The van der Waals surface area contributed by atoms with Crippen molar-refractivity contribution in [3.63, 3.8) is 0 Å². The van der Waals surface area contributed by atoms with Gasteiger partial charge in [-0.25, -0.2) is 21.6 Å². The zero-order valence-corrected chi connectivity index (χ0v) is 25.5. The quantitative estimate of drug-likeness (QED) is 0.180. The Kier molecular flexibility index (Phi) is 8.68. The average Bonchev–Trinajstić information content (AvgIpc) is 3.43. The molecular formula is C32H29F3N2O7S.